The fraction of sp³-hybridized carbons (Fsp3) is 0.900. The van der Waals surface area contributed by atoms with Crippen molar-refractivity contribution in [2.45, 2.75) is 277 Å². The van der Waals surface area contributed by atoms with Crippen molar-refractivity contribution in [3.05, 3.63) is 12.2 Å². The zero-order chi connectivity index (χ0) is 40.8. The van der Waals surface area contributed by atoms with Crippen LogP contribution in [0.15, 0.2) is 12.2 Å². The van der Waals surface area contributed by atoms with E-state index in [2.05, 4.69) is 32.9 Å². The SMILES string of the molecule is CCCCCCCCCC/C=C\CCCCCCCCCC(=O)OCC(COC(=O)CCCCCCCCCCC)OC(=O)CCCCCCCCCCCC. The van der Waals surface area contributed by atoms with Gasteiger partial charge in [-0.05, 0) is 44.9 Å². The quantitative estimate of drug-likeness (QED) is 0.0264. The van der Waals surface area contributed by atoms with Gasteiger partial charge in [0.25, 0.3) is 0 Å². The Bertz CT molecular complexity index is 870. The van der Waals surface area contributed by atoms with Crippen LogP contribution >= 0.6 is 0 Å². The molecule has 0 aromatic carbocycles. The highest BCUT2D eigenvalue weighted by atomic mass is 16.6. The van der Waals surface area contributed by atoms with Crippen molar-refractivity contribution in [2.75, 3.05) is 13.2 Å². The highest BCUT2D eigenvalue weighted by molar-refractivity contribution is 5.71. The van der Waals surface area contributed by atoms with Crippen LogP contribution in [0.4, 0.5) is 0 Å². The maximum Gasteiger partial charge on any atom is 0.306 e. The van der Waals surface area contributed by atoms with Crippen molar-refractivity contribution in [3.63, 3.8) is 0 Å². The van der Waals surface area contributed by atoms with E-state index in [1.165, 1.54) is 173 Å². The van der Waals surface area contributed by atoms with Gasteiger partial charge in [0.1, 0.15) is 13.2 Å². The molecular formula is C50H94O6. The third-order valence-electron chi connectivity index (χ3n) is 11.0. The van der Waals surface area contributed by atoms with Crippen molar-refractivity contribution >= 4 is 17.9 Å². The van der Waals surface area contributed by atoms with Gasteiger partial charge < -0.3 is 14.2 Å². The van der Waals surface area contributed by atoms with Crippen LogP contribution < -0.4 is 0 Å². The number of rotatable bonds is 45. The van der Waals surface area contributed by atoms with Crippen molar-refractivity contribution in [1.29, 1.82) is 0 Å². The third-order valence-corrected chi connectivity index (χ3v) is 11.0. The fourth-order valence-corrected chi connectivity index (χ4v) is 7.26. The summed E-state index contributed by atoms with van der Waals surface area (Å²) < 4.78 is 16.7. The highest BCUT2D eigenvalue weighted by Crippen LogP contribution is 2.15. The molecule has 0 spiro atoms. The van der Waals surface area contributed by atoms with Crippen molar-refractivity contribution in [3.8, 4) is 0 Å². The summed E-state index contributed by atoms with van der Waals surface area (Å²) in [4.78, 5) is 37.7. The zero-order valence-corrected chi connectivity index (χ0v) is 37.7. The average Bonchev–Trinajstić information content (AvgIpc) is 3.19. The molecule has 6 nitrogen and oxygen atoms in total. The maximum atomic E-state index is 12.7. The molecule has 0 saturated carbocycles. The Kier molecular flexibility index (Phi) is 44.3. The number of carbonyl (C=O) groups excluding carboxylic acids is 3. The fourth-order valence-electron chi connectivity index (χ4n) is 7.26. The minimum atomic E-state index is -0.762. The minimum Gasteiger partial charge on any atom is -0.462 e. The molecule has 1 atom stereocenters. The Labute approximate surface area is 348 Å². The van der Waals surface area contributed by atoms with Crippen LogP contribution in [0.2, 0.25) is 0 Å². The first kappa shape index (κ1) is 54.2. The maximum absolute atomic E-state index is 12.7. The molecule has 6 heteroatoms. The third kappa shape index (κ3) is 43.3. The summed E-state index contributed by atoms with van der Waals surface area (Å²) in [5.74, 6) is -0.864. The molecule has 0 rings (SSSR count). The summed E-state index contributed by atoms with van der Waals surface area (Å²) in [5, 5.41) is 0. The van der Waals surface area contributed by atoms with Crippen LogP contribution in [0.3, 0.4) is 0 Å². The second kappa shape index (κ2) is 45.8. The Morgan fingerprint density at radius 2 is 0.589 bits per heavy atom. The van der Waals surface area contributed by atoms with E-state index >= 15 is 0 Å². The molecule has 0 saturated heterocycles. The van der Waals surface area contributed by atoms with E-state index in [1.807, 2.05) is 0 Å². The van der Waals surface area contributed by atoms with Gasteiger partial charge in [-0.3, -0.25) is 14.4 Å². The molecule has 0 heterocycles. The summed E-state index contributed by atoms with van der Waals surface area (Å²) >= 11 is 0. The van der Waals surface area contributed by atoms with Gasteiger partial charge in [0.05, 0.1) is 0 Å². The lowest BCUT2D eigenvalue weighted by molar-refractivity contribution is -0.167. The lowest BCUT2D eigenvalue weighted by atomic mass is 10.1. The summed E-state index contributed by atoms with van der Waals surface area (Å²) in [6.45, 7) is 6.62. The number of allylic oxidation sites excluding steroid dienone is 2. The van der Waals surface area contributed by atoms with E-state index < -0.39 is 6.10 Å². The van der Waals surface area contributed by atoms with Crippen LogP contribution in [-0.2, 0) is 28.6 Å². The van der Waals surface area contributed by atoms with Crippen molar-refractivity contribution in [1.82, 2.24) is 0 Å². The standard InChI is InChI=1S/C50H94O6/c1-4-7-10-13-16-19-21-22-23-24-25-26-27-28-29-32-34-37-40-43-49(52)55-46-47(45-54-48(51)42-39-36-33-30-18-15-12-9-6-3)56-50(53)44-41-38-35-31-20-17-14-11-8-5-2/h24-25,47H,4-23,26-46H2,1-3H3/b25-24-. The largest absolute Gasteiger partial charge is 0.462 e. The normalized spacial score (nSPS) is 12.0. The number of hydrogen-bond acceptors (Lipinski definition) is 6. The number of esters is 3. The Morgan fingerprint density at radius 3 is 0.893 bits per heavy atom. The Balaban J connectivity index is 4.22. The topological polar surface area (TPSA) is 78.9 Å². The van der Waals surface area contributed by atoms with E-state index in [1.54, 1.807) is 0 Å². The van der Waals surface area contributed by atoms with E-state index in [4.69, 9.17) is 14.2 Å². The summed E-state index contributed by atoms with van der Waals surface area (Å²) in [7, 11) is 0. The molecule has 0 N–H and O–H groups in total. The molecule has 0 fully saturated rings. The summed E-state index contributed by atoms with van der Waals surface area (Å²) in [6.07, 6.45) is 49.2. The minimum absolute atomic E-state index is 0.0671. The van der Waals surface area contributed by atoms with Gasteiger partial charge in [0.2, 0.25) is 0 Å². The molecule has 0 amide bonds. The van der Waals surface area contributed by atoms with Crippen LogP contribution in [0.5, 0.6) is 0 Å². The number of hydrogen-bond donors (Lipinski definition) is 0. The molecule has 0 aliphatic carbocycles. The molecule has 0 aromatic rings. The molecule has 0 aromatic heterocycles. The van der Waals surface area contributed by atoms with Gasteiger partial charge in [-0.2, -0.15) is 0 Å². The van der Waals surface area contributed by atoms with Gasteiger partial charge in [-0.15, -0.1) is 0 Å². The van der Waals surface area contributed by atoms with Crippen LogP contribution in [0, 0.1) is 0 Å². The Hall–Kier alpha value is -1.85. The van der Waals surface area contributed by atoms with Gasteiger partial charge in [0.15, 0.2) is 6.10 Å². The first-order chi connectivity index (χ1) is 27.5. The van der Waals surface area contributed by atoms with E-state index in [9.17, 15) is 14.4 Å². The van der Waals surface area contributed by atoms with Gasteiger partial charge in [0, 0.05) is 19.3 Å². The van der Waals surface area contributed by atoms with Gasteiger partial charge in [-0.1, -0.05) is 219 Å². The molecule has 0 aliphatic heterocycles. The average molecular weight is 791 g/mol. The monoisotopic (exact) mass is 791 g/mol. The lowest BCUT2D eigenvalue weighted by Crippen LogP contribution is -2.30. The lowest BCUT2D eigenvalue weighted by Gasteiger charge is -2.18. The smallest absolute Gasteiger partial charge is 0.306 e. The summed E-state index contributed by atoms with van der Waals surface area (Å²) in [5.41, 5.74) is 0. The molecule has 0 aliphatic rings. The van der Waals surface area contributed by atoms with Crippen LogP contribution in [-0.4, -0.2) is 37.2 Å². The zero-order valence-electron chi connectivity index (χ0n) is 37.7. The van der Waals surface area contributed by atoms with Crippen molar-refractivity contribution in [2.24, 2.45) is 0 Å². The first-order valence-corrected chi connectivity index (χ1v) is 24.7. The highest BCUT2D eigenvalue weighted by Gasteiger charge is 2.19. The van der Waals surface area contributed by atoms with E-state index in [0.717, 1.165) is 57.8 Å². The van der Waals surface area contributed by atoms with Crippen LogP contribution in [0.1, 0.15) is 271 Å². The van der Waals surface area contributed by atoms with Gasteiger partial charge >= 0.3 is 17.9 Å². The van der Waals surface area contributed by atoms with E-state index in [0.29, 0.717) is 19.3 Å². The molecule has 56 heavy (non-hydrogen) atoms. The number of carbonyl (C=O) groups is 3. The predicted molar refractivity (Wildman–Crippen MR) is 238 cm³/mol. The molecular weight excluding hydrogens is 697 g/mol. The van der Waals surface area contributed by atoms with E-state index in [-0.39, 0.29) is 31.1 Å². The predicted octanol–water partition coefficient (Wildman–Crippen LogP) is 15.8. The second-order valence-corrected chi connectivity index (χ2v) is 16.7. The first-order valence-electron chi connectivity index (χ1n) is 24.7. The number of ether oxygens (including phenoxy) is 3. The van der Waals surface area contributed by atoms with Gasteiger partial charge in [-0.25, -0.2) is 0 Å². The molecule has 330 valence electrons. The van der Waals surface area contributed by atoms with Crippen LogP contribution in [0.25, 0.3) is 0 Å². The Morgan fingerprint density at radius 1 is 0.339 bits per heavy atom. The van der Waals surface area contributed by atoms with Crippen molar-refractivity contribution < 1.29 is 28.6 Å². The second-order valence-electron chi connectivity index (χ2n) is 16.7. The number of unbranched alkanes of at least 4 members (excludes halogenated alkanes) is 32. The molecule has 0 bridgehead atoms. The molecule has 1 unspecified atom stereocenters. The molecule has 0 radical (unpaired) electrons. The summed E-state index contributed by atoms with van der Waals surface area (Å²) in [6, 6.07) is 0.